The van der Waals surface area contributed by atoms with Crippen molar-refractivity contribution in [3.05, 3.63) is 125 Å². The first kappa shape index (κ1) is 32.0. The van der Waals surface area contributed by atoms with Crippen molar-refractivity contribution in [2.45, 2.75) is 71.7 Å². The highest BCUT2D eigenvalue weighted by Gasteiger charge is 2.51. The van der Waals surface area contributed by atoms with Gasteiger partial charge in [0.1, 0.15) is 30.5 Å². The molecule has 4 atom stereocenters. The van der Waals surface area contributed by atoms with Gasteiger partial charge in [0.2, 0.25) is 11.8 Å². The summed E-state index contributed by atoms with van der Waals surface area (Å²) in [6.07, 6.45) is 3.68. The van der Waals surface area contributed by atoms with Gasteiger partial charge in [-0.05, 0) is 79.0 Å². The van der Waals surface area contributed by atoms with Crippen LogP contribution in [0, 0.1) is 25.7 Å². The predicted octanol–water partition coefficient (Wildman–Crippen LogP) is 6.11. The number of ether oxygens (including phenoxy) is 1. The molecular formula is C39H42N4O4. The first-order chi connectivity index (χ1) is 22.7. The lowest BCUT2D eigenvalue weighted by Crippen LogP contribution is -2.68. The van der Waals surface area contributed by atoms with Crippen molar-refractivity contribution in [2.75, 3.05) is 5.32 Å². The Balaban J connectivity index is 1.38. The number of aromatic nitrogens is 1. The number of benzene rings is 3. The Kier molecular flexibility index (Phi) is 9.38. The van der Waals surface area contributed by atoms with E-state index >= 15 is 0 Å². The minimum absolute atomic E-state index is 0.114. The highest BCUT2D eigenvalue weighted by Crippen LogP contribution is 2.38. The van der Waals surface area contributed by atoms with Crippen LogP contribution in [0.4, 0.5) is 5.69 Å². The summed E-state index contributed by atoms with van der Waals surface area (Å²) in [6.45, 7) is 8.08. The second kappa shape index (κ2) is 13.8. The average Bonchev–Trinajstić information content (AvgIpc) is 3.51. The molecule has 4 aromatic rings. The van der Waals surface area contributed by atoms with E-state index in [0.717, 1.165) is 16.8 Å². The lowest BCUT2D eigenvalue weighted by Gasteiger charge is -2.46. The van der Waals surface area contributed by atoms with Gasteiger partial charge in [-0.3, -0.25) is 19.4 Å². The summed E-state index contributed by atoms with van der Waals surface area (Å²) < 4.78 is 6.15. The Morgan fingerprint density at radius 3 is 2.32 bits per heavy atom. The number of carbonyl (C=O) groups is 3. The minimum Gasteiger partial charge on any atom is -0.487 e. The molecule has 1 fully saturated rings. The molecule has 2 N–H and O–H groups in total. The maximum Gasteiger partial charge on any atom is 0.252 e. The molecule has 1 aliphatic carbocycles. The van der Waals surface area contributed by atoms with Gasteiger partial charge < -0.3 is 20.3 Å². The van der Waals surface area contributed by atoms with Crippen molar-refractivity contribution in [1.29, 1.82) is 0 Å². The van der Waals surface area contributed by atoms with Crippen LogP contribution in [-0.4, -0.2) is 39.7 Å². The molecule has 0 radical (unpaired) electrons. The van der Waals surface area contributed by atoms with Gasteiger partial charge in [-0.2, -0.15) is 0 Å². The Bertz CT molecular complexity index is 1750. The fraction of sp³-hybridized carbons (Fsp3) is 0.333. The van der Waals surface area contributed by atoms with Crippen LogP contribution < -0.4 is 15.4 Å². The van der Waals surface area contributed by atoms with E-state index in [1.54, 1.807) is 17.2 Å². The number of piperazine rings is 1. The molecule has 1 saturated heterocycles. The van der Waals surface area contributed by atoms with E-state index in [4.69, 9.17) is 4.74 Å². The van der Waals surface area contributed by atoms with Gasteiger partial charge in [0.15, 0.2) is 0 Å². The molecule has 3 amide bonds. The SMILES string of the molecule is CC[C@H](C)C1C(=O)NC(C2Cc3ccccc3C2)C(=O)N1C(C(=O)Nc1ccccc1OCc1ccccc1)c1cnc(C)cc1C. The zero-order chi connectivity index (χ0) is 33.1. The molecule has 6 rings (SSSR count). The van der Waals surface area contributed by atoms with Crippen LogP contribution in [0.5, 0.6) is 5.75 Å². The van der Waals surface area contributed by atoms with Crippen LogP contribution in [0.3, 0.4) is 0 Å². The fourth-order valence-corrected chi connectivity index (χ4v) is 6.96. The first-order valence-corrected chi connectivity index (χ1v) is 16.4. The van der Waals surface area contributed by atoms with E-state index in [2.05, 4.69) is 27.8 Å². The molecule has 8 heteroatoms. The minimum atomic E-state index is -1.10. The number of pyridine rings is 1. The van der Waals surface area contributed by atoms with Crippen LogP contribution in [0.2, 0.25) is 0 Å². The topological polar surface area (TPSA) is 101 Å². The molecule has 3 aromatic carbocycles. The number of hydrogen-bond donors (Lipinski definition) is 2. The van der Waals surface area contributed by atoms with Gasteiger partial charge in [-0.15, -0.1) is 0 Å². The van der Waals surface area contributed by atoms with Crippen LogP contribution in [0.25, 0.3) is 0 Å². The van der Waals surface area contributed by atoms with Crippen molar-refractivity contribution >= 4 is 23.4 Å². The molecule has 2 aliphatic rings. The number of carbonyl (C=O) groups excluding carboxylic acids is 3. The highest BCUT2D eigenvalue weighted by molar-refractivity contribution is 6.04. The van der Waals surface area contributed by atoms with Gasteiger partial charge in [-0.1, -0.05) is 87.0 Å². The second-order valence-corrected chi connectivity index (χ2v) is 12.8. The number of nitrogens with zero attached hydrogens (tertiary/aromatic N) is 2. The third-order valence-electron chi connectivity index (χ3n) is 9.61. The predicted molar refractivity (Wildman–Crippen MR) is 182 cm³/mol. The van der Waals surface area contributed by atoms with Crippen molar-refractivity contribution in [2.24, 2.45) is 11.8 Å². The molecule has 1 aliphatic heterocycles. The summed E-state index contributed by atoms with van der Waals surface area (Å²) in [5.41, 5.74) is 6.05. The van der Waals surface area contributed by atoms with Gasteiger partial charge in [0.05, 0.1) is 5.69 Å². The normalized spacial score (nSPS) is 19.1. The second-order valence-electron chi connectivity index (χ2n) is 12.8. The number of amides is 3. The average molecular weight is 631 g/mol. The van der Waals surface area contributed by atoms with Crippen molar-refractivity contribution in [1.82, 2.24) is 15.2 Å². The summed E-state index contributed by atoms with van der Waals surface area (Å²) >= 11 is 0. The summed E-state index contributed by atoms with van der Waals surface area (Å²) in [6, 6.07) is 24.4. The van der Waals surface area contributed by atoms with Crippen molar-refractivity contribution < 1.29 is 19.1 Å². The smallest absolute Gasteiger partial charge is 0.252 e. The third-order valence-corrected chi connectivity index (χ3v) is 9.61. The van der Waals surface area contributed by atoms with Crippen LogP contribution >= 0.6 is 0 Å². The standard InChI is InChI=1S/C39H42N4O4/c1-5-24(2)35-37(44)42-34(30-20-28-15-9-10-16-29(28)21-30)39(46)43(35)36(31-22-40-26(4)19-25(31)3)38(45)41-32-17-11-12-18-33(32)47-23-27-13-7-6-8-14-27/h6-19,22,24,30,34-36H,5,20-21,23H2,1-4H3,(H,41,45)(H,42,44)/t24-,34?,35?,36?/m0/s1. The maximum atomic E-state index is 14.8. The van der Waals surface area contributed by atoms with Gasteiger partial charge >= 0.3 is 0 Å². The highest BCUT2D eigenvalue weighted by atomic mass is 16.5. The van der Waals surface area contributed by atoms with Gasteiger partial charge in [-0.25, -0.2) is 0 Å². The lowest BCUT2D eigenvalue weighted by molar-refractivity contribution is -0.158. The monoisotopic (exact) mass is 630 g/mol. The molecule has 242 valence electrons. The molecule has 0 spiro atoms. The maximum absolute atomic E-state index is 14.8. The number of hydrogen-bond acceptors (Lipinski definition) is 5. The zero-order valence-corrected chi connectivity index (χ0v) is 27.4. The quantitative estimate of drug-likeness (QED) is 0.220. The van der Waals surface area contributed by atoms with E-state index in [1.165, 1.54) is 11.1 Å². The van der Waals surface area contributed by atoms with Crippen LogP contribution in [-0.2, 0) is 33.8 Å². The summed E-state index contributed by atoms with van der Waals surface area (Å²) in [4.78, 5) is 49.6. The summed E-state index contributed by atoms with van der Waals surface area (Å²) in [5.74, 6) is -0.721. The number of fused-ring (bicyclic) bond motifs is 1. The molecule has 2 heterocycles. The first-order valence-electron chi connectivity index (χ1n) is 16.4. The Morgan fingerprint density at radius 2 is 1.64 bits per heavy atom. The van der Waals surface area contributed by atoms with Gasteiger partial charge in [0, 0.05) is 17.5 Å². The molecule has 1 aromatic heterocycles. The largest absolute Gasteiger partial charge is 0.487 e. The van der Waals surface area contributed by atoms with E-state index in [9.17, 15) is 14.4 Å². The Labute approximate surface area is 276 Å². The number of rotatable bonds is 10. The molecule has 0 saturated carbocycles. The van der Waals surface area contributed by atoms with Crippen molar-refractivity contribution in [3.8, 4) is 5.75 Å². The van der Waals surface area contributed by atoms with E-state index in [-0.39, 0.29) is 23.7 Å². The van der Waals surface area contributed by atoms with Crippen molar-refractivity contribution in [3.63, 3.8) is 0 Å². The molecule has 3 unspecified atom stereocenters. The van der Waals surface area contributed by atoms with Gasteiger partial charge in [0.25, 0.3) is 5.91 Å². The fourth-order valence-electron chi connectivity index (χ4n) is 6.96. The molecule has 8 nitrogen and oxygen atoms in total. The number of para-hydroxylation sites is 2. The summed E-state index contributed by atoms with van der Waals surface area (Å²) in [5, 5.41) is 6.18. The zero-order valence-electron chi connectivity index (χ0n) is 27.4. The molecule has 47 heavy (non-hydrogen) atoms. The number of anilines is 1. The summed E-state index contributed by atoms with van der Waals surface area (Å²) in [7, 11) is 0. The van der Waals surface area contributed by atoms with E-state index in [1.807, 2.05) is 94.4 Å². The van der Waals surface area contributed by atoms with Crippen LogP contribution in [0.1, 0.15) is 59.8 Å². The lowest BCUT2D eigenvalue weighted by atomic mass is 9.85. The third kappa shape index (κ3) is 6.64. The number of aryl methyl sites for hydroxylation is 2. The Hall–Kier alpha value is -4.98. The van der Waals surface area contributed by atoms with E-state index < -0.39 is 24.0 Å². The van der Waals surface area contributed by atoms with Crippen LogP contribution in [0.15, 0.2) is 91.1 Å². The molecule has 0 bridgehead atoms. The van der Waals surface area contributed by atoms with E-state index in [0.29, 0.717) is 42.9 Å². The Morgan fingerprint density at radius 1 is 0.979 bits per heavy atom. The molecular weight excluding hydrogens is 588 g/mol. The number of nitrogens with one attached hydrogen (secondary N) is 2.